The highest BCUT2D eigenvalue weighted by Gasteiger charge is 2.31. The summed E-state index contributed by atoms with van der Waals surface area (Å²) in [7, 11) is 0. The van der Waals surface area contributed by atoms with Crippen molar-refractivity contribution in [1.82, 2.24) is 0 Å². The van der Waals surface area contributed by atoms with E-state index in [0.29, 0.717) is 18.1 Å². The number of halogens is 4. The van der Waals surface area contributed by atoms with Crippen LogP contribution in [0.4, 0.5) is 17.6 Å². The molecular formula is C11H12F4. The topological polar surface area (TPSA) is 0 Å². The van der Waals surface area contributed by atoms with E-state index in [9.17, 15) is 17.6 Å². The van der Waals surface area contributed by atoms with E-state index in [4.69, 9.17) is 0 Å². The minimum absolute atomic E-state index is 0.202. The van der Waals surface area contributed by atoms with Crippen LogP contribution in [-0.4, -0.2) is 0 Å². The molecular weight excluding hydrogens is 208 g/mol. The van der Waals surface area contributed by atoms with Gasteiger partial charge in [-0.1, -0.05) is 13.8 Å². The lowest BCUT2D eigenvalue weighted by molar-refractivity contribution is -0.137. The summed E-state index contributed by atoms with van der Waals surface area (Å²) in [6.07, 6.45) is -4.03. The third kappa shape index (κ3) is 3.53. The van der Waals surface area contributed by atoms with Crippen molar-refractivity contribution in [2.75, 3.05) is 0 Å². The molecule has 0 spiro atoms. The molecule has 0 amide bonds. The van der Waals surface area contributed by atoms with Crippen molar-refractivity contribution in [3.63, 3.8) is 0 Å². The average Bonchev–Trinajstić information content (AvgIpc) is 1.99. The van der Waals surface area contributed by atoms with Gasteiger partial charge in [0.15, 0.2) is 0 Å². The lowest BCUT2D eigenvalue weighted by Gasteiger charge is -2.10. The third-order valence-corrected chi connectivity index (χ3v) is 1.93. The molecule has 0 fully saturated rings. The van der Waals surface area contributed by atoms with Crippen LogP contribution in [0, 0.1) is 11.7 Å². The van der Waals surface area contributed by atoms with Crippen molar-refractivity contribution >= 4 is 0 Å². The molecule has 0 unspecified atom stereocenters. The van der Waals surface area contributed by atoms with Crippen LogP contribution < -0.4 is 0 Å². The molecule has 0 aliphatic heterocycles. The molecule has 0 saturated carbocycles. The Hall–Kier alpha value is -1.06. The second-order valence-electron chi connectivity index (χ2n) is 3.94. The van der Waals surface area contributed by atoms with Crippen LogP contribution in [0.5, 0.6) is 0 Å². The van der Waals surface area contributed by atoms with Gasteiger partial charge in [-0.15, -0.1) is 0 Å². The third-order valence-electron chi connectivity index (χ3n) is 1.93. The van der Waals surface area contributed by atoms with Crippen LogP contribution >= 0.6 is 0 Å². The summed E-state index contributed by atoms with van der Waals surface area (Å²) in [4.78, 5) is 0. The summed E-state index contributed by atoms with van der Waals surface area (Å²) in [5.74, 6) is -0.631. The average molecular weight is 220 g/mol. The molecule has 0 aliphatic rings. The number of alkyl halides is 3. The first-order chi connectivity index (χ1) is 6.79. The zero-order valence-electron chi connectivity index (χ0n) is 8.53. The highest BCUT2D eigenvalue weighted by Crippen LogP contribution is 2.30. The Bertz CT molecular complexity index is 339. The fraction of sp³-hybridized carbons (Fsp3) is 0.455. The molecule has 0 heterocycles. The van der Waals surface area contributed by atoms with Crippen LogP contribution in [0.1, 0.15) is 25.0 Å². The van der Waals surface area contributed by atoms with Crippen LogP contribution in [0.15, 0.2) is 18.2 Å². The summed E-state index contributed by atoms with van der Waals surface area (Å²) in [5.41, 5.74) is -0.532. The maximum Gasteiger partial charge on any atom is 0.416 e. The normalized spacial score (nSPS) is 12.2. The first kappa shape index (κ1) is 12.0. The van der Waals surface area contributed by atoms with Gasteiger partial charge in [0, 0.05) is 0 Å². The second-order valence-corrected chi connectivity index (χ2v) is 3.94. The monoisotopic (exact) mass is 220 g/mol. The predicted molar refractivity (Wildman–Crippen MR) is 49.9 cm³/mol. The molecule has 1 aromatic rings. The molecule has 84 valence electrons. The van der Waals surface area contributed by atoms with Gasteiger partial charge in [0.2, 0.25) is 0 Å². The minimum atomic E-state index is -4.48. The predicted octanol–water partition coefficient (Wildman–Crippen LogP) is 4.04. The van der Waals surface area contributed by atoms with Gasteiger partial charge in [-0.2, -0.15) is 13.2 Å². The lowest BCUT2D eigenvalue weighted by atomic mass is 10.0. The van der Waals surface area contributed by atoms with Gasteiger partial charge in [-0.25, -0.2) is 4.39 Å². The molecule has 0 atom stereocenters. The first-order valence-corrected chi connectivity index (χ1v) is 4.65. The Morgan fingerprint density at radius 1 is 1.13 bits per heavy atom. The summed E-state index contributed by atoms with van der Waals surface area (Å²) < 4.78 is 49.9. The molecule has 15 heavy (non-hydrogen) atoms. The fourth-order valence-corrected chi connectivity index (χ4v) is 1.40. The van der Waals surface area contributed by atoms with Gasteiger partial charge >= 0.3 is 6.18 Å². The Labute approximate surface area is 85.9 Å². The van der Waals surface area contributed by atoms with Crippen LogP contribution in [0.3, 0.4) is 0 Å². The Morgan fingerprint density at radius 3 is 2.20 bits per heavy atom. The molecule has 1 aromatic carbocycles. The molecule has 0 aromatic heterocycles. The molecule has 0 radical (unpaired) electrons. The fourth-order valence-electron chi connectivity index (χ4n) is 1.40. The van der Waals surface area contributed by atoms with E-state index < -0.39 is 17.6 Å². The smallest absolute Gasteiger partial charge is 0.207 e. The minimum Gasteiger partial charge on any atom is -0.207 e. The molecule has 0 bridgehead atoms. The van der Waals surface area contributed by atoms with Gasteiger partial charge in [0.05, 0.1) is 5.56 Å². The van der Waals surface area contributed by atoms with Crippen LogP contribution in [0.2, 0.25) is 0 Å². The molecule has 0 saturated heterocycles. The number of hydrogen-bond acceptors (Lipinski definition) is 0. The zero-order chi connectivity index (χ0) is 11.6. The van der Waals surface area contributed by atoms with Crippen molar-refractivity contribution in [3.8, 4) is 0 Å². The molecule has 4 heteroatoms. The van der Waals surface area contributed by atoms with E-state index in [1.165, 1.54) is 0 Å². The number of benzene rings is 1. The van der Waals surface area contributed by atoms with E-state index in [1.807, 2.05) is 13.8 Å². The van der Waals surface area contributed by atoms with Gasteiger partial charge in [-0.3, -0.25) is 0 Å². The van der Waals surface area contributed by atoms with Crippen molar-refractivity contribution in [1.29, 1.82) is 0 Å². The largest absolute Gasteiger partial charge is 0.416 e. The van der Waals surface area contributed by atoms with Crippen LogP contribution in [0.25, 0.3) is 0 Å². The maximum atomic E-state index is 12.9. The summed E-state index contributed by atoms with van der Waals surface area (Å²) in [5, 5.41) is 0. The van der Waals surface area contributed by atoms with Gasteiger partial charge in [-0.05, 0) is 36.1 Å². The van der Waals surface area contributed by atoms with E-state index in [-0.39, 0.29) is 5.92 Å². The zero-order valence-corrected chi connectivity index (χ0v) is 8.53. The molecule has 0 N–H and O–H groups in total. The Balaban J connectivity index is 3.06. The standard InChI is InChI=1S/C11H12F4/c1-7(2)3-8-4-9(11(13,14)15)6-10(12)5-8/h4-7H,3H2,1-2H3. The SMILES string of the molecule is CC(C)Cc1cc(F)cc(C(F)(F)F)c1. The highest BCUT2D eigenvalue weighted by atomic mass is 19.4. The van der Waals surface area contributed by atoms with Crippen molar-refractivity contribution < 1.29 is 17.6 Å². The van der Waals surface area contributed by atoms with E-state index >= 15 is 0 Å². The Morgan fingerprint density at radius 2 is 1.73 bits per heavy atom. The van der Waals surface area contributed by atoms with Crippen molar-refractivity contribution in [2.24, 2.45) is 5.92 Å². The summed E-state index contributed by atoms with van der Waals surface area (Å²) in [6, 6.07) is 2.67. The maximum absolute atomic E-state index is 12.9. The van der Waals surface area contributed by atoms with Crippen molar-refractivity contribution in [2.45, 2.75) is 26.4 Å². The van der Waals surface area contributed by atoms with Gasteiger partial charge in [0.1, 0.15) is 5.82 Å². The first-order valence-electron chi connectivity index (χ1n) is 4.65. The second kappa shape index (κ2) is 4.21. The summed E-state index contributed by atoms with van der Waals surface area (Å²) >= 11 is 0. The molecule has 1 rings (SSSR count). The highest BCUT2D eigenvalue weighted by molar-refractivity contribution is 5.27. The van der Waals surface area contributed by atoms with E-state index in [2.05, 4.69) is 0 Å². The van der Waals surface area contributed by atoms with Crippen LogP contribution in [-0.2, 0) is 12.6 Å². The molecule has 0 nitrogen and oxygen atoms in total. The number of rotatable bonds is 2. The lowest BCUT2D eigenvalue weighted by Crippen LogP contribution is -2.07. The van der Waals surface area contributed by atoms with Gasteiger partial charge in [0.25, 0.3) is 0 Å². The Kier molecular flexibility index (Phi) is 3.37. The van der Waals surface area contributed by atoms with E-state index in [0.717, 1.165) is 12.1 Å². The van der Waals surface area contributed by atoms with Gasteiger partial charge < -0.3 is 0 Å². The quantitative estimate of drug-likeness (QED) is 0.660. The van der Waals surface area contributed by atoms with Crippen molar-refractivity contribution in [3.05, 3.63) is 35.1 Å². The molecule has 0 aliphatic carbocycles. The summed E-state index contributed by atoms with van der Waals surface area (Å²) in [6.45, 7) is 3.75. The van der Waals surface area contributed by atoms with E-state index in [1.54, 1.807) is 0 Å². The number of hydrogen-bond donors (Lipinski definition) is 0.